The summed E-state index contributed by atoms with van der Waals surface area (Å²) >= 11 is 0. The van der Waals surface area contributed by atoms with Gasteiger partial charge in [-0.3, -0.25) is 0 Å². The molecule has 0 spiro atoms. The summed E-state index contributed by atoms with van der Waals surface area (Å²) in [4.78, 5) is 23.3. The number of aliphatic carboxylic acids is 1. The Morgan fingerprint density at radius 1 is 1.19 bits per heavy atom. The first-order chi connectivity index (χ1) is 9.71. The molecule has 0 heterocycles. The summed E-state index contributed by atoms with van der Waals surface area (Å²) in [6.45, 7) is 9.00. The molecule has 1 rings (SSSR count). The number of hydrogen-bond acceptors (Lipinski definition) is 2. The minimum Gasteiger partial charge on any atom is -0.480 e. The van der Waals surface area contributed by atoms with Gasteiger partial charge in [0.1, 0.15) is 6.04 Å². The predicted molar refractivity (Wildman–Crippen MR) is 83.2 cm³/mol. The van der Waals surface area contributed by atoms with Gasteiger partial charge in [0.15, 0.2) is 0 Å². The quantitative estimate of drug-likeness (QED) is 0.730. The van der Waals surface area contributed by atoms with Crippen molar-refractivity contribution < 1.29 is 14.7 Å². The van der Waals surface area contributed by atoms with Crippen LogP contribution >= 0.6 is 0 Å². The van der Waals surface area contributed by atoms with Crippen LogP contribution in [0.1, 0.15) is 59.8 Å². The Kier molecular flexibility index (Phi) is 6.49. The Bertz CT molecular complexity index is 357. The highest BCUT2D eigenvalue weighted by Crippen LogP contribution is 2.27. The normalized spacial score (nSPS) is 19.6. The lowest BCUT2D eigenvalue weighted by atomic mass is 9.82. The smallest absolute Gasteiger partial charge is 0.326 e. The second-order valence-corrected chi connectivity index (χ2v) is 7.34. The van der Waals surface area contributed by atoms with Gasteiger partial charge >= 0.3 is 12.0 Å². The number of carboxylic acids is 1. The third-order valence-corrected chi connectivity index (χ3v) is 4.72. The molecule has 5 nitrogen and oxygen atoms in total. The first-order valence-corrected chi connectivity index (χ1v) is 7.99. The molecular formula is C16H30N2O3. The minimum atomic E-state index is -0.930. The highest BCUT2D eigenvalue weighted by molar-refractivity contribution is 5.82. The average Bonchev–Trinajstić information content (AvgIpc) is 2.41. The highest BCUT2D eigenvalue weighted by atomic mass is 16.4. The van der Waals surface area contributed by atoms with Crippen LogP contribution < -0.4 is 10.6 Å². The van der Waals surface area contributed by atoms with Gasteiger partial charge in [0.25, 0.3) is 0 Å². The molecule has 0 saturated heterocycles. The van der Waals surface area contributed by atoms with E-state index in [1.807, 2.05) is 0 Å². The number of carboxylic acid groups (broad SMARTS) is 1. The number of nitrogens with one attached hydrogen (secondary N) is 2. The Labute approximate surface area is 127 Å². The van der Waals surface area contributed by atoms with E-state index in [1.54, 1.807) is 0 Å². The largest absolute Gasteiger partial charge is 0.480 e. The van der Waals surface area contributed by atoms with Gasteiger partial charge in [-0.05, 0) is 30.1 Å². The van der Waals surface area contributed by atoms with E-state index in [9.17, 15) is 14.7 Å². The van der Waals surface area contributed by atoms with E-state index in [0.717, 1.165) is 32.1 Å². The van der Waals surface area contributed by atoms with Crippen LogP contribution in [0.25, 0.3) is 0 Å². The third kappa shape index (κ3) is 5.94. The number of carbonyl (C=O) groups is 2. The first-order valence-electron chi connectivity index (χ1n) is 7.99. The van der Waals surface area contributed by atoms with E-state index in [0.29, 0.717) is 12.5 Å². The van der Waals surface area contributed by atoms with Crippen LogP contribution in [0.4, 0.5) is 4.79 Å². The number of carbonyl (C=O) groups excluding carboxylic acids is 1. The average molecular weight is 298 g/mol. The van der Waals surface area contributed by atoms with Crippen molar-refractivity contribution in [1.82, 2.24) is 10.6 Å². The zero-order valence-corrected chi connectivity index (χ0v) is 13.7. The highest BCUT2D eigenvalue weighted by Gasteiger charge is 2.31. The van der Waals surface area contributed by atoms with Crippen molar-refractivity contribution in [2.45, 2.75) is 65.8 Å². The molecule has 0 aromatic rings. The van der Waals surface area contributed by atoms with Crippen LogP contribution in [-0.2, 0) is 4.79 Å². The third-order valence-electron chi connectivity index (χ3n) is 4.72. The molecule has 2 amide bonds. The van der Waals surface area contributed by atoms with Gasteiger partial charge in [0.2, 0.25) is 0 Å². The van der Waals surface area contributed by atoms with E-state index in [1.165, 1.54) is 0 Å². The van der Waals surface area contributed by atoms with Gasteiger partial charge < -0.3 is 15.7 Å². The lowest BCUT2D eigenvalue weighted by Gasteiger charge is -2.29. The molecule has 21 heavy (non-hydrogen) atoms. The maximum absolute atomic E-state index is 11.9. The Morgan fingerprint density at radius 3 is 2.24 bits per heavy atom. The van der Waals surface area contributed by atoms with Crippen molar-refractivity contribution in [2.75, 3.05) is 6.54 Å². The van der Waals surface area contributed by atoms with E-state index in [4.69, 9.17) is 0 Å². The molecule has 2 unspecified atom stereocenters. The SMILES string of the molecule is CC(CNC(=O)NC(C(=O)O)C1CCCCC1)C(C)(C)C. The molecule has 1 saturated carbocycles. The van der Waals surface area contributed by atoms with Crippen LogP contribution in [0.2, 0.25) is 0 Å². The fourth-order valence-electron chi connectivity index (χ4n) is 2.59. The monoisotopic (exact) mass is 298 g/mol. The molecule has 5 heteroatoms. The van der Waals surface area contributed by atoms with E-state index >= 15 is 0 Å². The van der Waals surface area contributed by atoms with Gasteiger partial charge in [0, 0.05) is 6.54 Å². The number of rotatable bonds is 5. The molecular weight excluding hydrogens is 268 g/mol. The zero-order valence-electron chi connectivity index (χ0n) is 13.7. The molecule has 2 atom stereocenters. The van der Waals surface area contributed by atoms with Crippen LogP contribution in [0, 0.1) is 17.3 Å². The number of urea groups is 1. The maximum atomic E-state index is 11.9. The van der Waals surface area contributed by atoms with Crippen molar-refractivity contribution in [2.24, 2.45) is 17.3 Å². The second kappa shape index (κ2) is 7.66. The molecule has 1 aliphatic rings. The fourth-order valence-corrected chi connectivity index (χ4v) is 2.59. The van der Waals surface area contributed by atoms with Crippen LogP contribution in [-0.4, -0.2) is 29.7 Å². The van der Waals surface area contributed by atoms with E-state index < -0.39 is 12.0 Å². The molecule has 3 N–H and O–H groups in total. The van der Waals surface area contributed by atoms with E-state index in [-0.39, 0.29) is 17.4 Å². The topological polar surface area (TPSA) is 78.4 Å². The molecule has 0 aromatic carbocycles. The summed E-state index contributed by atoms with van der Waals surface area (Å²) in [6.07, 6.45) is 5.04. The lowest BCUT2D eigenvalue weighted by Crippen LogP contribution is -2.51. The number of amides is 2. The van der Waals surface area contributed by atoms with Crippen LogP contribution in [0.15, 0.2) is 0 Å². The summed E-state index contributed by atoms with van der Waals surface area (Å²) < 4.78 is 0. The van der Waals surface area contributed by atoms with Crippen molar-refractivity contribution in [3.05, 3.63) is 0 Å². The first kappa shape index (κ1) is 17.8. The zero-order chi connectivity index (χ0) is 16.0. The van der Waals surface area contributed by atoms with Crippen molar-refractivity contribution in [3.63, 3.8) is 0 Å². The van der Waals surface area contributed by atoms with Gasteiger partial charge in [-0.2, -0.15) is 0 Å². The minimum absolute atomic E-state index is 0.0574. The maximum Gasteiger partial charge on any atom is 0.326 e. The van der Waals surface area contributed by atoms with Gasteiger partial charge in [-0.1, -0.05) is 47.0 Å². The van der Waals surface area contributed by atoms with Crippen molar-refractivity contribution in [3.8, 4) is 0 Å². The Morgan fingerprint density at radius 2 is 1.76 bits per heavy atom. The summed E-state index contributed by atoms with van der Waals surface area (Å²) in [7, 11) is 0. The summed E-state index contributed by atoms with van der Waals surface area (Å²) in [5, 5.41) is 14.8. The van der Waals surface area contributed by atoms with Gasteiger partial charge in [-0.25, -0.2) is 9.59 Å². The Hall–Kier alpha value is -1.26. The number of hydrogen-bond donors (Lipinski definition) is 3. The summed E-state index contributed by atoms with van der Waals surface area (Å²) in [5.41, 5.74) is 0.114. The standard InChI is InChI=1S/C16H30N2O3/c1-11(16(2,3)4)10-17-15(21)18-13(14(19)20)12-8-6-5-7-9-12/h11-13H,5-10H2,1-4H3,(H,19,20)(H2,17,18,21). The van der Waals surface area contributed by atoms with Gasteiger partial charge in [0.05, 0.1) is 0 Å². The molecule has 0 aliphatic heterocycles. The molecule has 0 aromatic heterocycles. The Balaban J connectivity index is 2.47. The molecule has 1 aliphatic carbocycles. The molecule has 0 bridgehead atoms. The van der Waals surface area contributed by atoms with Crippen LogP contribution in [0.5, 0.6) is 0 Å². The summed E-state index contributed by atoms with van der Waals surface area (Å²) in [5.74, 6) is -0.552. The molecule has 122 valence electrons. The second-order valence-electron chi connectivity index (χ2n) is 7.34. The van der Waals surface area contributed by atoms with Crippen molar-refractivity contribution in [1.29, 1.82) is 0 Å². The van der Waals surface area contributed by atoms with Crippen molar-refractivity contribution >= 4 is 12.0 Å². The summed E-state index contributed by atoms with van der Waals surface area (Å²) in [6, 6.07) is -1.14. The van der Waals surface area contributed by atoms with E-state index in [2.05, 4.69) is 38.3 Å². The predicted octanol–water partition coefficient (Wildman–Crippen LogP) is 3.00. The van der Waals surface area contributed by atoms with Gasteiger partial charge in [-0.15, -0.1) is 0 Å². The molecule has 0 radical (unpaired) electrons. The van der Waals surface area contributed by atoms with Crippen LogP contribution in [0.3, 0.4) is 0 Å². The molecule has 1 fully saturated rings. The fraction of sp³-hybridized carbons (Fsp3) is 0.875. The lowest BCUT2D eigenvalue weighted by molar-refractivity contribution is -0.141.